The normalized spacial score (nSPS) is 24.7. The number of aliphatic hydroxyl groups excluding tert-OH is 1. The SMILES string of the molecule is CCC[C@]1(CO)CCCN(CCCn2cccc2)C1. The quantitative estimate of drug-likeness (QED) is 0.820. The van der Waals surface area contributed by atoms with Gasteiger partial charge in [0.2, 0.25) is 0 Å². The number of piperidine rings is 1. The van der Waals surface area contributed by atoms with Gasteiger partial charge in [-0.05, 0) is 50.9 Å². The molecule has 1 saturated heterocycles. The van der Waals surface area contributed by atoms with Gasteiger partial charge in [-0.25, -0.2) is 0 Å². The van der Waals surface area contributed by atoms with E-state index in [4.69, 9.17) is 0 Å². The molecule has 0 aromatic carbocycles. The van der Waals surface area contributed by atoms with E-state index < -0.39 is 0 Å². The van der Waals surface area contributed by atoms with Crippen molar-refractivity contribution in [2.24, 2.45) is 5.41 Å². The van der Waals surface area contributed by atoms with Gasteiger partial charge in [-0.1, -0.05) is 13.3 Å². The van der Waals surface area contributed by atoms with Crippen LogP contribution in [0, 0.1) is 5.41 Å². The summed E-state index contributed by atoms with van der Waals surface area (Å²) in [6.07, 6.45) is 10.2. The first-order valence-electron chi connectivity index (χ1n) is 7.72. The monoisotopic (exact) mass is 264 g/mol. The van der Waals surface area contributed by atoms with Crippen LogP contribution in [0.1, 0.15) is 39.0 Å². The number of aryl methyl sites for hydroxylation is 1. The Morgan fingerprint density at radius 2 is 2.00 bits per heavy atom. The van der Waals surface area contributed by atoms with Gasteiger partial charge in [0.15, 0.2) is 0 Å². The fourth-order valence-electron chi connectivity index (χ4n) is 3.44. The van der Waals surface area contributed by atoms with Crippen molar-refractivity contribution in [3.05, 3.63) is 24.5 Å². The minimum Gasteiger partial charge on any atom is -0.396 e. The van der Waals surface area contributed by atoms with Gasteiger partial charge in [0.05, 0.1) is 0 Å². The second-order valence-corrected chi connectivity index (χ2v) is 6.06. The van der Waals surface area contributed by atoms with E-state index in [1.165, 1.54) is 32.2 Å². The lowest BCUT2D eigenvalue weighted by atomic mass is 9.77. The highest BCUT2D eigenvalue weighted by molar-refractivity contribution is 4.90. The van der Waals surface area contributed by atoms with Gasteiger partial charge in [-0.3, -0.25) is 0 Å². The van der Waals surface area contributed by atoms with Crippen LogP contribution in [0.5, 0.6) is 0 Å². The number of likely N-dealkylation sites (tertiary alicyclic amines) is 1. The van der Waals surface area contributed by atoms with Crippen molar-refractivity contribution < 1.29 is 5.11 Å². The second-order valence-electron chi connectivity index (χ2n) is 6.06. The topological polar surface area (TPSA) is 28.4 Å². The fourth-order valence-corrected chi connectivity index (χ4v) is 3.44. The molecule has 0 saturated carbocycles. The molecule has 19 heavy (non-hydrogen) atoms. The van der Waals surface area contributed by atoms with Crippen molar-refractivity contribution >= 4 is 0 Å². The Kier molecular flexibility index (Phi) is 5.46. The summed E-state index contributed by atoms with van der Waals surface area (Å²) in [7, 11) is 0. The predicted molar refractivity (Wildman–Crippen MR) is 79.1 cm³/mol. The van der Waals surface area contributed by atoms with Crippen LogP contribution < -0.4 is 0 Å². The molecule has 3 nitrogen and oxygen atoms in total. The van der Waals surface area contributed by atoms with E-state index in [1.54, 1.807) is 0 Å². The molecule has 1 aliphatic heterocycles. The lowest BCUT2D eigenvalue weighted by molar-refractivity contribution is 0.0242. The van der Waals surface area contributed by atoms with Gasteiger partial charge >= 0.3 is 0 Å². The molecular weight excluding hydrogens is 236 g/mol. The highest BCUT2D eigenvalue weighted by Gasteiger charge is 2.33. The smallest absolute Gasteiger partial charge is 0.0499 e. The van der Waals surface area contributed by atoms with Gasteiger partial charge in [0.25, 0.3) is 0 Å². The molecule has 3 heteroatoms. The third-order valence-corrected chi connectivity index (χ3v) is 4.41. The second kappa shape index (κ2) is 7.11. The molecular formula is C16H28N2O. The maximum Gasteiger partial charge on any atom is 0.0499 e. The van der Waals surface area contributed by atoms with Crippen molar-refractivity contribution in [3.63, 3.8) is 0 Å². The summed E-state index contributed by atoms with van der Waals surface area (Å²) in [6, 6.07) is 4.16. The van der Waals surface area contributed by atoms with Crippen LogP contribution in [0.15, 0.2) is 24.5 Å². The molecule has 2 heterocycles. The summed E-state index contributed by atoms with van der Waals surface area (Å²) in [5.74, 6) is 0. The molecule has 1 N–H and O–H groups in total. The summed E-state index contributed by atoms with van der Waals surface area (Å²) in [4.78, 5) is 2.55. The number of hydrogen-bond donors (Lipinski definition) is 1. The molecule has 0 amide bonds. The molecule has 0 unspecified atom stereocenters. The van der Waals surface area contributed by atoms with E-state index in [-0.39, 0.29) is 5.41 Å². The minimum atomic E-state index is 0.181. The Labute approximate surface area is 117 Å². The zero-order chi connectivity index (χ0) is 13.6. The molecule has 108 valence electrons. The summed E-state index contributed by atoms with van der Waals surface area (Å²) in [6.45, 7) is 7.13. The van der Waals surface area contributed by atoms with E-state index in [0.717, 1.165) is 26.1 Å². The minimum absolute atomic E-state index is 0.181. The molecule has 0 radical (unpaired) electrons. The summed E-state index contributed by atoms with van der Waals surface area (Å²) in [5, 5.41) is 9.74. The molecule has 0 bridgehead atoms. The zero-order valence-corrected chi connectivity index (χ0v) is 12.2. The average molecular weight is 264 g/mol. The van der Waals surface area contributed by atoms with Crippen LogP contribution in [-0.2, 0) is 6.54 Å². The first kappa shape index (κ1) is 14.6. The zero-order valence-electron chi connectivity index (χ0n) is 12.2. The Balaban J connectivity index is 1.77. The molecule has 0 spiro atoms. The number of aromatic nitrogens is 1. The van der Waals surface area contributed by atoms with E-state index in [1.807, 2.05) is 0 Å². The number of hydrogen-bond acceptors (Lipinski definition) is 2. The Morgan fingerprint density at radius 1 is 1.21 bits per heavy atom. The molecule has 1 fully saturated rings. The summed E-state index contributed by atoms with van der Waals surface area (Å²) >= 11 is 0. The van der Waals surface area contributed by atoms with Crippen molar-refractivity contribution in [1.29, 1.82) is 0 Å². The molecule has 1 aliphatic rings. The van der Waals surface area contributed by atoms with Crippen LogP contribution in [0.3, 0.4) is 0 Å². The van der Waals surface area contributed by atoms with Gasteiger partial charge < -0.3 is 14.6 Å². The first-order chi connectivity index (χ1) is 9.28. The Bertz CT molecular complexity index is 346. The van der Waals surface area contributed by atoms with E-state index >= 15 is 0 Å². The summed E-state index contributed by atoms with van der Waals surface area (Å²) < 4.78 is 2.25. The highest BCUT2D eigenvalue weighted by Crippen LogP contribution is 2.34. The van der Waals surface area contributed by atoms with Crippen LogP contribution >= 0.6 is 0 Å². The number of nitrogens with zero attached hydrogens (tertiary/aromatic N) is 2. The largest absolute Gasteiger partial charge is 0.396 e. The van der Waals surface area contributed by atoms with Crippen molar-refractivity contribution in [2.75, 3.05) is 26.2 Å². The molecule has 2 rings (SSSR count). The number of aliphatic hydroxyl groups is 1. The van der Waals surface area contributed by atoms with Gasteiger partial charge in [-0.2, -0.15) is 0 Å². The van der Waals surface area contributed by atoms with Crippen LogP contribution in [-0.4, -0.2) is 40.8 Å². The third kappa shape index (κ3) is 4.08. The van der Waals surface area contributed by atoms with Crippen molar-refractivity contribution in [1.82, 2.24) is 9.47 Å². The Morgan fingerprint density at radius 3 is 2.68 bits per heavy atom. The van der Waals surface area contributed by atoms with Gasteiger partial charge in [0, 0.05) is 37.5 Å². The first-order valence-corrected chi connectivity index (χ1v) is 7.72. The van der Waals surface area contributed by atoms with E-state index in [2.05, 4.69) is 40.9 Å². The predicted octanol–water partition coefficient (Wildman–Crippen LogP) is 2.75. The number of rotatable bonds is 7. The lowest BCUT2D eigenvalue weighted by Crippen LogP contribution is -2.45. The maximum absolute atomic E-state index is 9.74. The highest BCUT2D eigenvalue weighted by atomic mass is 16.3. The third-order valence-electron chi connectivity index (χ3n) is 4.41. The fraction of sp³-hybridized carbons (Fsp3) is 0.750. The van der Waals surface area contributed by atoms with E-state index in [9.17, 15) is 5.11 Å². The molecule has 0 aliphatic carbocycles. The Hall–Kier alpha value is -0.800. The molecule has 1 aromatic rings. The maximum atomic E-state index is 9.74. The van der Waals surface area contributed by atoms with Crippen LogP contribution in [0.2, 0.25) is 0 Å². The molecule has 1 aromatic heterocycles. The summed E-state index contributed by atoms with van der Waals surface area (Å²) in [5.41, 5.74) is 0.181. The van der Waals surface area contributed by atoms with Crippen LogP contribution in [0.25, 0.3) is 0 Å². The van der Waals surface area contributed by atoms with E-state index in [0.29, 0.717) is 6.61 Å². The van der Waals surface area contributed by atoms with Gasteiger partial charge in [-0.15, -0.1) is 0 Å². The van der Waals surface area contributed by atoms with Crippen molar-refractivity contribution in [3.8, 4) is 0 Å². The van der Waals surface area contributed by atoms with Crippen LogP contribution in [0.4, 0.5) is 0 Å². The van der Waals surface area contributed by atoms with Gasteiger partial charge in [0.1, 0.15) is 0 Å². The molecule has 1 atom stereocenters. The average Bonchev–Trinajstić information content (AvgIpc) is 2.93. The lowest BCUT2D eigenvalue weighted by Gasteiger charge is -2.42. The van der Waals surface area contributed by atoms with Crippen molar-refractivity contribution in [2.45, 2.75) is 45.6 Å². The standard InChI is InChI=1S/C16H28N2O/c1-2-7-16(15-19)8-5-11-18(14-16)13-6-12-17-9-3-4-10-17/h3-4,9-10,19H,2,5-8,11-15H2,1H3/t16-/m0/s1.